The smallest absolute Gasteiger partial charge is 0.244 e. The van der Waals surface area contributed by atoms with E-state index < -0.39 is 11.9 Å². The van der Waals surface area contributed by atoms with Crippen molar-refractivity contribution >= 4 is 66.6 Å². The second-order valence-electron chi connectivity index (χ2n) is 12.5. The maximum absolute atomic E-state index is 15.0. The summed E-state index contributed by atoms with van der Waals surface area (Å²) in [6.07, 6.45) is 1.56. The largest absolute Gasteiger partial charge is 0.389 e. The predicted octanol–water partition coefficient (Wildman–Crippen LogP) is 5.21. The summed E-state index contributed by atoms with van der Waals surface area (Å²) >= 11 is 8.42. The Morgan fingerprint density at radius 3 is 2.73 bits per heavy atom. The number of piperidine rings is 1. The van der Waals surface area contributed by atoms with Crippen LogP contribution >= 0.6 is 22.9 Å². The quantitative estimate of drug-likeness (QED) is 0.300. The molecule has 0 aliphatic carbocycles. The van der Waals surface area contributed by atoms with Gasteiger partial charge in [-0.1, -0.05) is 24.6 Å². The Labute approximate surface area is 269 Å². The first-order chi connectivity index (χ1) is 21.6. The van der Waals surface area contributed by atoms with Crippen molar-refractivity contribution < 1.29 is 13.9 Å². The lowest BCUT2D eigenvalue weighted by Crippen LogP contribution is -2.45. The first-order valence-electron chi connectivity index (χ1n) is 15.1. The van der Waals surface area contributed by atoms with E-state index in [1.807, 2.05) is 7.05 Å². The van der Waals surface area contributed by atoms with Gasteiger partial charge in [0.05, 0.1) is 39.4 Å². The number of carbonyl (C=O) groups is 1. The number of carbonyl (C=O) groups excluding carboxylic acids is 1. The number of likely N-dealkylation sites (N-methyl/N-ethyl adjacent to an activating group) is 2. The van der Waals surface area contributed by atoms with Gasteiger partial charge in [0.1, 0.15) is 28.7 Å². The molecule has 2 fully saturated rings. The SMILES string of the molecule is CC1CN(c2nc(N[C@@H]3CCCN(C)C3=O)c3c4c(c(-c5ccc(F)c6sc(N)c(C#N)c56)c(Cl)c3n2)COC4)CC1N(C)C. The lowest BCUT2D eigenvalue weighted by atomic mass is 9.91. The molecule has 2 unspecified atom stereocenters. The summed E-state index contributed by atoms with van der Waals surface area (Å²) < 4.78 is 21.4. The standard InChI is InChI=1S/C32H34ClFN8O2S/c1-15-11-42(12-22(15)40(2)3)32-38-27-25(30(39-32)37-21-6-5-9-41(4)31(21)43)19-14-44-13-18(19)23(26(27)33)16-7-8-20(34)28-24(16)17(10-35)29(36)45-28/h7-8,15,21-22H,5-6,9,11-14,36H2,1-4H3,(H,37,38,39)/t15?,21-,22?/m1/s1. The summed E-state index contributed by atoms with van der Waals surface area (Å²) in [6.45, 7) is 4.98. The number of amides is 1. The van der Waals surface area contributed by atoms with Gasteiger partial charge in [0, 0.05) is 43.7 Å². The van der Waals surface area contributed by atoms with Crippen LogP contribution in [0.1, 0.15) is 36.5 Å². The fourth-order valence-corrected chi connectivity index (χ4v) is 8.47. The van der Waals surface area contributed by atoms with Crippen LogP contribution < -0.4 is 16.0 Å². The fourth-order valence-electron chi connectivity index (χ4n) is 7.17. The van der Waals surface area contributed by atoms with E-state index in [0.717, 1.165) is 42.0 Å². The first kappa shape index (κ1) is 29.9. The monoisotopic (exact) mass is 648 g/mol. The van der Waals surface area contributed by atoms with Gasteiger partial charge in [0.15, 0.2) is 0 Å². The first-order valence-corrected chi connectivity index (χ1v) is 16.2. The molecule has 2 saturated heterocycles. The van der Waals surface area contributed by atoms with E-state index in [0.29, 0.717) is 73.8 Å². The van der Waals surface area contributed by atoms with E-state index >= 15 is 4.39 Å². The van der Waals surface area contributed by atoms with Crippen LogP contribution in [0.2, 0.25) is 5.02 Å². The maximum Gasteiger partial charge on any atom is 0.244 e. The Morgan fingerprint density at radius 1 is 1.22 bits per heavy atom. The van der Waals surface area contributed by atoms with Crippen molar-refractivity contribution in [1.82, 2.24) is 19.8 Å². The molecule has 3 atom stereocenters. The molecule has 3 aliphatic heterocycles. The number of fused-ring (bicyclic) bond motifs is 4. The molecular weight excluding hydrogens is 615 g/mol. The summed E-state index contributed by atoms with van der Waals surface area (Å²) in [5, 5.41) is 15.2. The maximum atomic E-state index is 15.0. The van der Waals surface area contributed by atoms with Crippen LogP contribution in [0, 0.1) is 23.1 Å². The number of nitrogens with two attached hydrogens (primary N) is 1. The molecule has 2 aromatic carbocycles. The summed E-state index contributed by atoms with van der Waals surface area (Å²) in [6, 6.07) is 5.07. The molecule has 13 heteroatoms. The van der Waals surface area contributed by atoms with Gasteiger partial charge in [0.25, 0.3) is 0 Å². The number of nitrogens with zero attached hydrogens (tertiary/aromatic N) is 6. The molecular formula is C32H34ClFN8O2S. The van der Waals surface area contributed by atoms with Gasteiger partial charge in [-0.3, -0.25) is 4.79 Å². The summed E-state index contributed by atoms with van der Waals surface area (Å²) in [5.41, 5.74) is 9.84. The van der Waals surface area contributed by atoms with Gasteiger partial charge in [-0.15, -0.1) is 11.3 Å². The molecule has 2 aromatic heterocycles. The van der Waals surface area contributed by atoms with Gasteiger partial charge in [0.2, 0.25) is 11.9 Å². The van der Waals surface area contributed by atoms with Crippen molar-refractivity contribution in [3.8, 4) is 17.2 Å². The van der Waals surface area contributed by atoms with E-state index in [1.165, 1.54) is 6.07 Å². The Kier molecular flexibility index (Phi) is 7.48. The number of aromatic nitrogens is 2. The Hall–Kier alpha value is -3.76. The van der Waals surface area contributed by atoms with E-state index in [4.69, 9.17) is 32.0 Å². The van der Waals surface area contributed by atoms with Crippen LogP contribution in [-0.4, -0.2) is 78.5 Å². The topological polar surface area (TPSA) is 124 Å². The third-order valence-electron chi connectivity index (χ3n) is 9.47. The number of nitrogens with one attached hydrogen (secondary N) is 1. The third-order valence-corrected chi connectivity index (χ3v) is 10.9. The fraction of sp³-hybridized carbons (Fsp3) is 0.438. The number of anilines is 3. The minimum Gasteiger partial charge on any atom is -0.389 e. The van der Waals surface area contributed by atoms with Gasteiger partial charge >= 0.3 is 0 Å². The van der Waals surface area contributed by atoms with Crippen molar-refractivity contribution in [2.45, 2.75) is 45.1 Å². The highest BCUT2D eigenvalue weighted by molar-refractivity contribution is 7.23. The lowest BCUT2D eigenvalue weighted by Gasteiger charge is -2.31. The zero-order valence-corrected chi connectivity index (χ0v) is 27.2. The van der Waals surface area contributed by atoms with Crippen LogP contribution in [0.15, 0.2) is 12.1 Å². The zero-order valence-electron chi connectivity index (χ0n) is 25.6. The second-order valence-corrected chi connectivity index (χ2v) is 13.9. The van der Waals surface area contributed by atoms with E-state index in [1.54, 1.807) is 11.0 Å². The summed E-state index contributed by atoms with van der Waals surface area (Å²) in [5.74, 6) is 1.01. The van der Waals surface area contributed by atoms with Crippen molar-refractivity contribution in [1.29, 1.82) is 5.26 Å². The molecule has 1 amide bonds. The van der Waals surface area contributed by atoms with E-state index in [2.05, 4.69) is 42.2 Å². The van der Waals surface area contributed by atoms with E-state index in [-0.39, 0.29) is 29.7 Å². The second kappa shape index (κ2) is 11.2. The molecule has 3 N–H and O–H groups in total. The molecule has 0 spiro atoms. The Bertz CT molecular complexity index is 1920. The molecule has 4 aromatic rings. The van der Waals surface area contributed by atoms with Gasteiger partial charge in [-0.05, 0) is 55.6 Å². The highest BCUT2D eigenvalue weighted by Crippen LogP contribution is 2.49. The zero-order chi connectivity index (χ0) is 31.7. The molecule has 7 rings (SSSR count). The van der Waals surface area contributed by atoms with Gasteiger partial charge in [-0.2, -0.15) is 10.2 Å². The van der Waals surface area contributed by atoms with Crippen molar-refractivity contribution in [3.63, 3.8) is 0 Å². The van der Waals surface area contributed by atoms with Crippen molar-refractivity contribution in [2.24, 2.45) is 5.92 Å². The van der Waals surface area contributed by atoms with Gasteiger partial charge in [-0.25, -0.2) is 9.37 Å². The van der Waals surface area contributed by atoms with Crippen LogP contribution in [0.4, 0.5) is 21.2 Å². The molecule has 3 aliphatic rings. The van der Waals surface area contributed by atoms with Gasteiger partial charge < -0.3 is 30.5 Å². The minimum atomic E-state index is -0.450. The highest BCUT2D eigenvalue weighted by atomic mass is 35.5. The minimum absolute atomic E-state index is 0.0143. The number of halogens is 2. The number of likely N-dealkylation sites (tertiary alicyclic amines) is 1. The average Bonchev–Trinajstić information content (AvgIpc) is 3.73. The Morgan fingerprint density at radius 2 is 2.00 bits per heavy atom. The van der Waals surface area contributed by atoms with Crippen molar-refractivity contribution in [3.05, 3.63) is 39.7 Å². The number of nitrogen functional groups attached to an aromatic ring is 1. The van der Waals surface area contributed by atoms with E-state index in [9.17, 15) is 10.1 Å². The van der Waals surface area contributed by atoms with Crippen LogP contribution in [0.25, 0.3) is 32.1 Å². The molecule has 10 nitrogen and oxygen atoms in total. The number of ether oxygens (including phenoxy) is 1. The molecule has 5 heterocycles. The number of hydrogen-bond donors (Lipinski definition) is 2. The average molecular weight is 649 g/mol. The summed E-state index contributed by atoms with van der Waals surface area (Å²) in [4.78, 5) is 29.5. The lowest BCUT2D eigenvalue weighted by molar-refractivity contribution is -0.132. The molecule has 45 heavy (non-hydrogen) atoms. The Balaban J connectivity index is 1.49. The number of hydrogen-bond acceptors (Lipinski definition) is 10. The number of thiophene rings is 1. The molecule has 0 radical (unpaired) electrons. The number of nitriles is 1. The van der Waals surface area contributed by atoms with Crippen LogP contribution in [0.5, 0.6) is 0 Å². The van der Waals surface area contributed by atoms with Crippen LogP contribution in [-0.2, 0) is 22.7 Å². The number of rotatable bonds is 5. The summed E-state index contributed by atoms with van der Waals surface area (Å²) in [7, 11) is 5.97. The third kappa shape index (κ3) is 4.76. The molecule has 234 valence electrons. The van der Waals surface area contributed by atoms with Crippen LogP contribution in [0.3, 0.4) is 0 Å². The van der Waals surface area contributed by atoms with Crippen molar-refractivity contribution in [2.75, 3.05) is 56.7 Å². The highest BCUT2D eigenvalue weighted by Gasteiger charge is 2.36. The predicted molar refractivity (Wildman–Crippen MR) is 176 cm³/mol. The normalized spacial score (nSPS) is 21.7. The molecule has 0 bridgehead atoms. The number of benzene rings is 2. The molecule has 0 saturated carbocycles.